The zero-order valence-corrected chi connectivity index (χ0v) is 17.9. The standard InChI is InChI=1S/C22H20N10O2/c33-19-17(27-22(34)29-19)10-14-12-25-32-18(14)28-20(30-21(32)26-15-4-5-15)23-11-13-2-6-16(7-3-13)31-9-1-8-24-31/h1-3,6-10,12,15H,4-5,11H2,(H2,23,26,28,30)(H2,27,29,33,34)/b17-10-. The number of urea groups is 1. The Labute approximate surface area is 193 Å². The van der Waals surface area contributed by atoms with E-state index < -0.39 is 11.9 Å². The number of imide groups is 1. The molecule has 170 valence electrons. The van der Waals surface area contributed by atoms with Crippen LogP contribution in [0, 0.1) is 0 Å². The molecule has 34 heavy (non-hydrogen) atoms. The van der Waals surface area contributed by atoms with Crippen LogP contribution in [0.5, 0.6) is 0 Å². The zero-order valence-electron chi connectivity index (χ0n) is 17.9. The lowest BCUT2D eigenvalue weighted by Gasteiger charge is -2.11. The molecule has 1 aliphatic heterocycles. The monoisotopic (exact) mass is 456 g/mol. The van der Waals surface area contributed by atoms with Gasteiger partial charge in [0.05, 0.1) is 11.9 Å². The molecule has 12 heteroatoms. The van der Waals surface area contributed by atoms with Gasteiger partial charge in [-0.25, -0.2) is 9.48 Å². The van der Waals surface area contributed by atoms with E-state index in [2.05, 4.69) is 41.4 Å². The lowest BCUT2D eigenvalue weighted by molar-refractivity contribution is -0.115. The van der Waals surface area contributed by atoms with Gasteiger partial charge >= 0.3 is 6.03 Å². The number of amides is 3. The van der Waals surface area contributed by atoms with E-state index >= 15 is 0 Å². The second-order valence-corrected chi connectivity index (χ2v) is 8.06. The SMILES string of the molecule is O=C1NC(=O)/C(=C/c2cnn3c(NC4CC4)nc(NCc4ccc(-n5cccn5)cc4)nc23)N1. The Balaban J connectivity index is 1.28. The third-order valence-corrected chi connectivity index (χ3v) is 5.48. The molecule has 4 heterocycles. The van der Waals surface area contributed by atoms with Crippen molar-refractivity contribution in [2.75, 3.05) is 10.6 Å². The van der Waals surface area contributed by atoms with Crippen LogP contribution >= 0.6 is 0 Å². The van der Waals surface area contributed by atoms with Gasteiger partial charge in [-0.1, -0.05) is 12.1 Å². The quantitative estimate of drug-likeness (QED) is 0.243. The minimum absolute atomic E-state index is 0.141. The summed E-state index contributed by atoms with van der Waals surface area (Å²) >= 11 is 0. The first kappa shape index (κ1) is 19.9. The summed E-state index contributed by atoms with van der Waals surface area (Å²) < 4.78 is 3.40. The smallest absolute Gasteiger partial charge is 0.326 e. The van der Waals surface area contributed by atoms with Crippen molar-refractivity contribution >= 4 is 35.6 Å². The van der Waals surface area contributed by atoms with E-state index in [1.807, 2.05) is 36.5 Å². The van der Waals surface area contributed by atoms with Gasteiger partial charge < -0.3 is 16.0 Å². The fraction of sp³-hybridized carbons (Fsp3) is 0.182. The van der Waals surface area contributed by atoms with Gasteiger partial charge in [0.2, 0.25) is 11.9 Å². The Morgan fingerprint density at radius 3 is 2.65 bits per heavy atom. The van der Waals surface area contributed by atoms with Gasteiger partial charge in [0.15, 0.2) is 5.65 Å². The van der Waals surface area contributed by atoms with Gasteiger partial charge in [0.25, 0.3) is 5.91 Å². The van der Waals surface area contributed by atoms with Crippen LogP contribution in [0.4, 0.5) is 16.7 Å². The maximum absolute atomic E-state index is 11.9. The average Bonchev–Trinajstić information content (AvgIpc) is 3.20. The summed E-state index contributed by atoms with van der Waals surface area (Å²) in [7, 11) is 0. The molecular formula is C22H20N10O2. The second-order valence-electron chi connectivity index (χ2n) is 8.06. The van der Waals surface area contributed by atoms with E-state index in [0.29, 0.717) is 35.7 Å². The van der Waals surface area contributed by atoms with E-state index in [4.69, 9.17) is 0 Å². The second kappa shape index (κ2) is 7.99. The fourth-order valence-corrected chi connectivity index (χ4v) is 3.59. The third-order valence-electron chi connectivity index (χ3n) is 5.48. The molecule has 4 N–H and O–H groups in total. The van der Waals surface area contributed by atoms with Crippen molar-refractivity contribution < 1.29 is 9.59 Å². The molecule has 3 amide bonds. The molecule has 1 aromatic carbocycles. The van der Waals surface area contributed by atoms with Crippen molar-refractivity contribution in [3.05, 3.63) is 65.7 Å². The Kier molecular flexibility index (Phi) is 4.68. The van der Waals surface area contributed by atoms with E-state index in [9.17, 15) is 9.59 Å². The number of carbonyl (C=O) groups is 2. The maximum atomic E-state index is 11.9. The van der Waals surface area contributed by atoms with Gasteiger partial charge in [-0.3, -0.25) is 10.1 Å². The van der Waals surface area contributed by atoms with E-state index in [1.54, 1.807) is 27.7 Å². The molecular weight excluding hydrogens is 436 g/mol. The van der Waals surface area contributed by atoms with Crippen molar-refractivity contribution in [2.24, 2.45) is 0 Å². The van der Waals surface area contributed by atoms with Crippen molar-refractivity contribution in [2.45, 2.75) is 25.4 Å². The Bertz CT molecular complexity index is 1420. The number of carbonyl (C=O) groups excluding carboxylic acids is 2. The summed E-state index contributed by atoms with van der Waals surface area (Å²) in [5.41, 5.74) is 3.26. The summed E-state index contributed by atoms with van der Waals surface area (Å²) in [6.07, 6.45) is 8.91. The van der Waals surface area contributed by atoms with E-state index in [-0.39, 0.29) is 5.70 Å². The van der Waals surface area contributed by atoms with Crippen LogP contribution in [0.15, 0.2) is 54.6 Å². The fourth-order valence-electron chi connectivity index (χ4n) is 3.59. The van der Waals surface area contributed by atoms with Crippen molar-refractivity contribution in [1.29, 1.82) is 0 Å². The van der Waals surface area contributed by atoms with Crippen LogP contribution in [0.3, 0.4) is 0 Å². The highest BCUT2D eigenvalue weighted by atomic mass is 16.2. The van der Waals surface area contributed by atoms with Gasteiger partial charge in [0.1, 0.15) is 5.70 Å². The molecule has 0 atom stereocenters. The highest BCUT2D eigenvalue weighted by molar-refractivity contribution is 6.14. The first-order valence-electron chi connectivity index (χ1n) is 10.8. The van der Waals surface area contributed by atoms with E-state index in [0.717, 1.165) is 24.1 Å². The predicted octanol–water partition coefficient (Wildman–Crippen LogP) is 1.68. The van der Waals surface area contributed by atoms with Crippen LogP contribution in [0.2, 0.25) is 0 Å². The van der Waals surface area contributed by atoms with Gasteiger partial charge in [-0.2, -0.15) is 24.7 Å². The molecule has 0 unspecified atom stereocenters. The molecule has 1 saturated carbocycles. The summed E-state index contributed by atoms with van der Waals surface area (Å²) in [5.74, 6) is 0.493. The number of benzene rings is 1. The molecule has 6 rings (SSSR count). The topological polar surface area (TPSA) is 143 Å². The normalized spacial score (nSPS) is 16.6. The molecule has 12 nitrogen and oxygen atoms in total. The molecule has 0 radical (unpaired) electrons. The molecule has 1 saturated heterocycles. The molecule has 3 aromatic heterocycles. The highest BCUT2D eigenvalue weighted by Gasteiger charge is 2.26. The van der Waals surface area contributed by atoms with Crippen molar-refractivity contribution in [1.82, 2.24) is 40.0 Å². The van der Waals surface area contributed by atoms with E-state index in [1.165, 1.54) is 0 Å². The summed E-state index contributed by atoms with van der Waals surface area (Å²) in [6, 6.07) is 9.70. The Morgan fingerprint density at radius 2 is 1.94 bits per heavy atom. The van der Waals surface area contributed by atoms with Crippen LogP contribution < -0.4 is 21.3 Å². The number of nitrogens with zero attached hydrogens (tertiary/aromatic N) is 6. The first-order chi connectivity index (χ1) is 16.6. The highest BCUT2D eigenvalue weighted by Crippen LogP contribution is 2.26. The lowest BCUT2D eigenvalue weighted by atomic mass is 10.2. The maximum Gasteiger partial charge on any atom is 0.326 e. The van der Waals surface area contributed by atoms with Crippen molar-refractivity contribution in [3.8, 4) is 5.69 Å². The van der Waals surface area contributed by atoms with Gasteiger partial charge in [-0.15, -0.1) is 0 Å². The van der Waals surface area contributed by atoms with Crippen LogP contribution in [0.25, 0.3) is 17.4 Å². The molecule has 0 bridgehead atoms. The van der Waals surface area contributed by atoms with Gasteiger partial charge in [0, 0.05) is 30.5 Å². The number of anilines is 2. The Hall–Kier alpha value is -4.74. The first-order valence-corrected chi connectivity index (χ1v) is 10.8. The number of fused-ring (bicyclic) bond motifs is 1. The predicted molar refractivity (Wildman–Crippen MR) is 123 cm³/mol. The number of rotatable bonds is 7. The Morgan fingerprint density at radius 1 is 1.09 bits per heavy atom. The zero-order chi connectivity index (χ0) is 23.1. The lowest BCUT2D eigenvalue weighted by Crippen LogP contribution is -2.22. The minimum Gasteiger partial charge on any atom is -0.351 e. The third kappa shape index (κ3) is 3.92. The molecule has 0 spiro atoms. The number of hydrogen-bond acceptors (Lipinski definition) is 8. The largest absolute Gasteiger partial charge is 0.351 e. The summed E-state index contributed by atoms with van der Waals surface area (Å²) in [5, 5.41) is 19.9. The molecule has 2 aliphatic rings. The van der Waals surface area contributed by atoms with Crippen LogP contribution in [-0.4, -0.2) is 47.3 Å². The van der Waals surface area contributed by atoms with Crippen molar-refractivity contribution in [3.63, 3.8) is 0 Å². The number of aromatic nitrogens is 6. The number of nitrogens with one attached hydrogen (secondary N) is 4. The molecule has 2 fully saturated rings. The van der Waals surface area contributed by atoms with Crippen LogP contribution in [-0.2, 0) is 11.3 Å². The number of hydrogen-bond donors (Lipinski definition) is 4. The van der Waals surface area contributed by atoms with Gasteiger partial charge in [-0.05, 0) is 42.7 Å². The summed E-state index contributed by atoms with van der Waals surface area (Å²) in [6.45, 7) is 0.515. The summed E-state index contributed by atoms with van der Waals surface area (Å²) in [4.78, 5) is 32.6. The minimum atomic E-state index is -0.556. The molecule has 4 aromatic rings. The molecule has 1 aliphatic carbocycles. The average molecular weight is 456 g/mol. The van der Waals surface area contributed by atoms with Crippen LogP contribution in [0.1, 0.15) is 24.0 Å².